The predicted molar refractivity (Wildman–Crippen MR) is 104 cm³/mol. The third-order valence-corrected chi connectivity index (χ3v) is 3.75. The van der Waals surface area contributed by atoms with Gasteiger partial charge in [0.2, 0.25) is 0 Å². The van der Waals surface area contributed by atoms with Gasteiger partial charge in [0.05, 0.1) is 0 Å². The molecule has 1 heterocycles. The van der Waals surface area contributed by atoms with E-state index in [1.807, 2.05) is 42.5 Å². The molecule has 1 aromatic heterocycles. The van der Waals surface area contributed by atoms with Gasteiger partial charge in [-0.2, -0.15) is 0 Å². The van der Waals surface area contributed by atoms with Crippen molar-refractivity contribution >= 4 is 41.2 Å². The fraction of sp³-hybridized carbons (Fsp3) is 0.167. The summed E-state index contributed by atoms with van der Waals surface area (Å²) in [6.07, 6.45) is 2.89. The third kappa shape index (κ3) is 4.26. The third-order valence-electron chi connectivity index (χ3n) is 3.75. The van der Waals surface area contributed by atoms with Crippen LogP contribution >= 0.6 is 0 Å². The van der Waals surface area contributed by atoms with E-state index in [-0.39, 0.29) is 0 Å². The van der Waals surface area contributed by atoms with Gasteiger partial charge in [-0.3, -0.25) is 0 Å². The molecule has 6 nitrogen and oxygen atoms in total. The number of ether oxygens (including phenoxy) is 1. The molecule has 0 amide bonds. The summed E-state index contributed by atoms with van der Waals surface area (Å²) in [5, 5.41) is 3.91. The molecule has 0 saturated heterocycles. The van der Waals surface area contributed by atoms with E-state index in [9.17, 15) is 0 Å². The summed E-state index contributed by atoms with van der Waals surface area (Å²) >= 11 is 0. The number of hydrogen-bond donors (Lipinski definition) is 3. The van der Waals surface area contributed by atoms with Crippen LogP contribution in [0.25, 0.3) is 10.9 Å². The zero-order chi connectivity index (χ0) is 17.6. The first-order valence-electron chi connectivity index (χ1n) is 7.99. The Morgan fingerprint density at radius 3 is 2.80 bits per heavy atom. The van der Waals surface area contributed by atoms with Crippen molar-refractivity contribution in [2.45, 2.75) is 12.8 Å². The van der Waals surface area contributed by atoms with Crippen molar-refractivity contribution in [3.8, 4) is 5.75 Å². The number of nitrogens with two attached hydrogens (primary N) is 2. The molecule has 25 heavy (non-hydrogen) atoms. The van der Waals surface area contributed by atoms with Crippen LogP contribution in [0.2, 0.25) is 0 Å². The van der Waals surface area contributed by atoms with E-state index >= 15 is 0 Å². The average molecular weight is 332 g/mol. The molecule has 0 atom stereocenters. The molecule has 3 aromatic rings. The van der Waals surface area contributed by atoms with Gasteiger partial charge in [-0.25, -0.2) is 0 Å². The van der Waals surface area contributed by atoms with Gasteiger partial charge in [0, 0.05) is 0 Å². The van der Waals surface area contributed by atoms with Crippen molar-refractivity contribution in [3.05, 3.63) is 48.8 Å². The number of nitrogens with zero attached hydrogens (tertiary/aromatic N) is 2. The van der Waals surface area contributed by atoms with Gasteiger partial charge in [0.1, 0.15) is 0 Å². The molecule has 7 heteroatoms. The molecular formula is C18H19BN5O. The van der Waals surface area contributed by atoms with Gasteiger partial charge in [-0.1, -0.05) is 0 Å². The van der Waals surface area contributed by atoms with E-state index in [0.29, 0.717) is 30.1 Å². The summed E-state index contributed by atoms with van der Waals surface area (Å²) in [5.41, 5.74) is 14.7. The summed E-state index contributed by atoms with van der Waals surface area (Å²) < 4.78 is 5.76. The topological polar surface area (TPSA) is 99.1 Å². The molecule has 0 aliphatic carbocycles. The van der Waals surface area contributed by atoms with Crippen LogP contribution in [0.1, 0.15) is 12.8 Å². The van der Waals surface area contributed by atoms with Crippen molar-refractivity contribution in [1.82, 2.24) is 9.97 Å². The van der Waals surface area contributed by atoms with E-state index < -0.39 is 0 Å². The predicted octanol–water partition coefficient (Wildman–Crippen LogP) is 2.36. The van der Waals surface area contributed by atoms with Crippen molar-refractivity contribution in [1.29, 1.82) is 0 Å². The Morgan fingerprint density at radius 1 is 1.12 bits per heavy atom. The molecule has 2 aromatic carbocycles. The zero-order valence-corrected chi connectivity index (χ0v) is 13.8. The van der Waals surface area contributed by atoms with Gasteiger partial charge in [-0.15, -0.1) is 0 Å². The first kappa shape index (κ1) is 16.8. The van der Waals surface area contributed by atoms with E-state index in [1.54, 1.807) is 0 Å². The van der Waals surface area contributed by atoms with Crippen molar-refractivity contribution < 1.29 is 4.74 Å². The molecule has 3 rings (SSSR count). The molecule has 0 bridgehead atoms. The normalized spacial score (nSPS) is 10.5. The number of anilines is 3. The van der Waals surface area contributed by atoms with Crippen LogP contribution in [-0.2, 0) is 0 Å². The maximum absolute atomic E-state index is 6.01. The molecule has 0 saturated carbocycles. The van der Waals surface area contributed by atoms with Gasteiger partial charge in [-0.05, 0) is 0 Å². The van der Waals surface area contributed by atoms with Gasteiger partial charge in [0.15, 0.2) is 0 Å². The summed E-state index contributed by atoms with van der Waals surface area (Å²) in [7, 11) is 6.01. The van der Waals surface area contributed by atoms with E-state index in [4.69, 9.17) is 23.7 Å². The van der Waals surface area contributed by atoms with Crippen LogP contribution in [0, 0.1) is 0 Å². The molecule has 5 N–H and O–H groups in total. The second-order valence-corrected chi connectivity index (χ2v) is 5.63. The van der Waals surface area contributed by atoms with Crippen LogP contribution in [0.3, 0.4) is 0 Å². The molecule has 0 aliphatic heterocycles. The van der Waals surface area contributed by atoms with Crippen LogP contribution in [0.5, 0.6) is 5.75 Å². The molecule has 0 fully saturated rings. The SMILES string of the molecule is [B]=C(CCCOc1ccc2ncnc(N)c2c1)Nc1ccccc1N. The number of nitrogens with one attached hydrogen (secondary N) is 1. The molecule has 1 radical (unpaired) electrons. The van der Waals surface area contributed by atoms with E-state index in [2.05, 4.69) is 15.3 Å². The Labute approximate surface area is 147 Å². The minimum atomic E-state index is 0.442. The number of fused-ring (bicyclic) bond motifs is 1. The second-order valence-electron chi connectivity index (χ2n) is 5.63. The van der Waals surface area contributed by atoms with E-state index in [1.165, 1.54) is 6.33 Å². The maximum atomic E-state index is 6.01. The van der Waals surface area contributed by atoms with Crippen LogP contribution in [0.4, 0.5) is 17.2 Å². The Bertz CT molecular complexity index is 900. The monoisotopic (exact) mass is 332 g/mol. The molecule has 0 unspecified atom stereocenters. The summed E-state index contributed by atoms with van der Waals surface area (Å²) in [6.45, 7) is 0.533. The van der Waals surface area contributed by atoms with Gasteiger partial charge < -0.3 is 0 Å². The Morgan fingerprint density at radius 2 is 1.96 bits per heavy atom. The Hall–Kier alpha value is -3.09. The molecule has 0 aliphatic rings. The number of rotatable bonds is 7. The zero-order valence-electron chi connectivity index (χ0n) is 13.8. The van der Waals surface area contributed by atoms with Crippen molar-refractivity contribution in [2.24, 2.45) is 0 Å². The van der Waals surface area contributed by atoms with Crippen LogP contribution < -0.4 is 21.5 Å². The number of nitrogen functional groups attached to an aromatic ring is 2. The summed E-state index contributed by atoms with van der Waals surface area (Å²) in [4.78, 5) is 8.15. The fourth-order valence-electron chi connectivity index (χ4n) is 2.44. The number of hydrogen-bond acceptors (Lipinski definition) is 6. The first-order chi connectivity index (χ1) is 12.1. The quantitative estimate of drug-likeness (QED) is 0.349. The van der Waals surface area contributed by atoms with Gasteiger partial charge >= 0.3 is 147 Å². The summed E-state index contributed by atoms with van der Waals surface area (Å²) in [5.74, 6) is 1.17. The summed E-state index contributed by atoms with van der Waals surface area (Å²) in [6, 6.07) is 13.1. The van der Waals surface area contributed by atoms with Crippen LogP contribution in [0.15, 0.2) is 48.8 Å². The molecular weight excluding hydrogens is 313 g/mol. The van der Waals surface area contributed by atoms with Crippen molar-refractivity contribution in [2.75, 3.05) is 23.4 Å². The Balaban J connectivity index is 1.49. The second kappa shape index (κ2) is 7.66. The number of aromatic nitrogens is 2. The van der Waals surface area contributed by atoms with Crippen LogP contribution in [-0.4, -0.2) is 29.6 Å². The Kier molecular flexibility index (Phi) is 5.13. The van der Waals surface area contributed by atoms with E-state index in [0.717, 1.165) is 28.8 Å². The average Bonchev–Trinajstić information content (AvgIpc) is 2.61. The first-order valence-corrected chi connectivity index (χ1v) is 7.99. The van der Waals surface area contributed by atoms with Crippen molar-refractivity contribution in [3.63, 3.8) is 0 Å². The molecule has 0 spiro atoms. The van der Waals surface area contributed by atoms with Gasteiger partial charge in [0.25, 0.3) is 0 Å². The molecule has 125 valence electrons. The standard InChI is InChI=1S/C18H19BN5O/c19-17(24-16-5-2-1-4-14(16)20)6-3-9-25-12-7-8-15-13(10-12)18(21)23-11-22-15/h1-2,4-5,7-8,10-11,24H,3,6,9,20H2,(H2,21,22,23). The fourth-order valence-corrected chi connectivity index (χ4v) is 2.44. The number of benzene rings is 2. The minimum absolute atomic E-state index is 0.442. The number of para-hydroxylation sites is 2.